The summed E-state index contributed by atoms with van der Waals surface area (Å²) in [7, 11) is 0. The first kappa shape index (κ1) is 6.62. The lowest BCUT2D eigenvalue weighted by molar-refractivity contribution is 0.435. The molecule has 0 bridgehead atoms. The van der Waals surface area contributed by atoms with E-state index in [-0.39, 0.29) is 0 Å². The van der Waals surface area contributed by atoms with E-state index in [1.54, 1.807) is 6.41 Å². The highest BCUT2D eigenvalue weighted by Gasteiger charge is 2.09. The van der Waals surface area contributed by atoms with E-state index in [1.807, 2.05) is 6.08 Å². The number of nitrogens with zero attached hydrogens (tertiary/aromatic N) is 1. The second kappa shape index (κ2) is 2.87. The number of allylic oxidation sites excluding steroid dienone is 1. The zero-order valence-corrected chi connectivity index (χ0v) is 5.69. The van der Waals surface area contributed by atoms with Crippen LogP contribution in [0.1, 0.15) is 12.8 Å². The van der Waals surface area contributed by atoms with Gasteiger partial charge in [0.15, 0.2) is 0 Å². The molecule has 0 aliphatic carbocycles. The molecule has 2 nitrogen and oxygen atoms in total. The molecule has 1 radical (unpaired) electrons. The molecule has 0 unspecified atom stereocenters. The standard InChI is InChI=1S/C6H7ClNO/c7-6-3-1-2-4-8(6)5-9/h3H,1-2,4H2. The number of halogens is 1. The number of hydrogen-bond donors (Lipinski definition) is 0. The fourth-order valence-electron chi connectivity index (χ4n) is 0.777. The van der Waals surface area contributed by atoms with Crippen molar-refractivity contribution in [1.29, 1.82) is 0 Å². The molecule has 1 heterocycles. The second-order valence-electron chi connectivity index (χ2n) is 1.91. The lowest BCUT2D eigenvalue weighted by Gasteiger charge is -2.18. The van der Waals surface area contributed by atoms with Crippen LogP contribution >= 0.6 is 11.6 Å². The van der Waals surface area contributed by atoms with Gasteiger partial charge in [0.2, 0.25) is 0 Å². The molecule has 0 atom stereocenters. The average molecular weight is 145 g/mol. The van der Waals surface area contributed by atoms with Crippen LogP contribution in [0.25, 0.3) is 0 Å². The van der Waals surface area contributed by atoms with Gasteiger partial charge < -0.3 is 0 Å². The summed E-state index contributed by atoms with van der Waals surface area (Å²) in [6.45, 7) is 0.707. The summed E-state index contributed by atoms with van der Waals surface area (Å²) in [5.74, 6) is 0. The number of carbonyl (C=O) groups excluding carboxylic acids is 1. The van der Waals surface area contributed by atoms with Crippen LogP contribution in [0, 0.1) is 0 Å². The molecule has 0 aromatic carbocycles. The monoisotopic (exact) mass is 144 g/mol. The predicted octanol–water partition coefficient (Wildman–Crippen LogP) is 1.23. The Morgan fingerprint density at radius 1 is 1.78 bits per heavy atom. The van der Waals surface area contributed by atoms with Crippen LogP contribution in [0.2, 0.25) is 0 Å². The average Bonchev–Trinajstić information content (AvgIpc) is 1.89. The van der Waals surface area contributed by atoms with Gasteiger partial charge in [-0.2, -0.15) is 0 Å². The highest BCUT2D eigenvalue weighted by atomic mass is 35.5. The number of hydrogen-bond acceptors (Lipinski definition) is 1. The summed E-state index contributed by atoms with van der Waals surface area (Å²) >= 11 is 5.61. The quantitative estimate of drug-likeness (QED) is 0.507. The lowest BCUT2D eigenvalue weighted by Crippen LogP contribution is -2.22. The minimum atomic E-state index is 0.510. The summed E-state index contributed by atoms with van der Waals surface area (Å²) in [6.07, 6.45) is 5.53. The third kappa shape index (κ3) is 1.45. The molecule has 0 saturated heterocycles. The minimum Gasteiger partial charge on any atom is -0.295 e. The molecule has 1 amide bonds. The molecule has 1 aliphatic rings. The van der Waals surface area contributed by atoms with Crippen LogP contribution in [0.15, 0.2) is 11.2 Å². The van der Waals surface area contributed by atoms with E-state index in [0.717, 1.165) is 12.8 Å². The molecular formula is C6H7ClNO. The van der Waals surface area contributed by atoms with Crippen LogP contribution in [0.3, 0.4) is 0 Å². The Bertz CT molecular complexity index is 144. The fourth-order valence-corrected chi connectivity index (χ4v) is 1.00. The van der Waals surface area contributed by atoms with Crippen molar-refractivity contribution >= 4 is 18.0 Å². The second-order valence-corrected chi connectivity index (χ2v) is 2.30. The molecule has 49 valence electrons. The van der Waals surface area contributed by atoms with E-state index in [1.165, 1.54) is 4.90 Å². The Labute approximate surface area is 59.1 Å². The Balaban J connectivity index is 2.60. The maximum Gasteiger partial charge on any atom is 0.317 e. The van der Waals surface area contributed by atoms with E-state index in [9.17, 15) is 4.79 Å². The van der Waals surface area contributed by atoms with Crippen molar-refractivity contribution in [3.63, 3.8) is 0 Å². The van der Waals surface area contributed by atoms with Gasteiger partial charge in [-0.3, -0.25) is 9.69 Å². The molecule has 1 rings (SSSR count). The molecule has 0 N–H and O–H groups in total. The van der Waals surface area contributed by atoms with E-state index < -0.39 is 0 Å². The van der Waals surface area contributed by atoms with E-state index >= 15 is 0 Å². The zero-order chi connectivity index (χ0) is 6.69. The highest BCUT2D eigenvalue weighted by Crippen LogP contribution is 2.15. The molecule has 0 aromatic rings. The summed E-state index contributed by atoms with van der Waals surface area (Å²) in [5, 5.41) is 0.510. The number of rotatable bonds is 1. The van der Waals surface area contributed by atoms with E-state index in [2.05, 4.69) is 0 Å². The Morgan fingerprint density at radius 2 is 2.56 bits per heavy atom. The van der Waals surface area contributed by atoms with Gasteiger partial charge >= 0.3 is 6.41 Å². The summed E-state index contributed by atoms with van der Waals surface area (Å²) in [5.41, 5.74) is 0. The third-order valence-electron chi connectivity index (χ3n) is 1.27. The zero-order valence-electron chi connectivity index (χ0n) is 4.93. The lowest BCUT2D eigenvalue weighted by atomic mass is 10.2. The van der Waals surface area contributed by atoms with Crippen molar-refractivity contribution in [3.8, 4) is 0 Å². The van der Waals surface area contributed by atoms with E-state index in [4.69, 9.17) is 11.6 Å². The highest BCUT2D eigenvalue weighted by molar-refractivity contribution is 6.29. The molecule has 1 aliphatic heterocycles. The Morgan fingerprint density at radius 3 is 3.00 bits per heavy atom. The molecule has 0 aromatic heterocycles. The van der Waals surface area contributed by atoms with Gasteiger partial charge in [-0.15, -0.1) is 0 Å². The van der Waals surface area contributed by atoms with Crippen LogP contribution in [-0.4, -0.2) is 17.9 Å². The van der Waals surface area contributed by atoms with Crippen molar-refractivity contribution < 1.29 is 4.79 Å². The third-order valence-corrected chi connectivity index (χ3v) is 1.63. The van der Waals surface area contributed by atoms with Crippen LogP contribution in [0.5, 0.6) is 0 Å². The van der Waals surface area contributed by atoms with Crippen molar-refractivity contribution in [2.75, 3.05) is 6.54 Å². The molecule has 3 heteroatoms. The molecule has 0 spiro atoms. The summed E-state index contributed by atoms with van der Waals surface area (Å²) in [4.78, 5) is 11.4. The SMILES string of the molecule is O=[C]N1CCCC=C1Cl. The van der Waals surface area contributed by atoms with Gasteiger partial charge in [-0.05, 0) is 18.9 Å². The molecular weight excluding hydrogens is 138 g/mol. The van der Waals surface area contributed by atoms with Gasteiger partial charge in [0, 0.05) is 6.54 Å². The van der Waals surface area contributed by atoms with Crippen LogP contribution in [-0.2, 0) is 4.79 Å². The van der Waals surface area contributed by atoms with Crippen molar-refractivity contribution in [2.24, 2.45) is 0 Å². The largest absolute Gasteiger partial charge is 0.317 e. The normalized spacial score (nSPS) is 19.2. The Hall–Kier alpha value is -0.500. The minimum absolute atomic E-state index is 0.510. The first-order chi connectivity index (χ1) is 4.34. The fraction of sp³-hybridized carbons (Fsp3) is 0.500. The van der Waals surface area contributed by atoms with Gasteiger partial charge in [-0.25, -0.2) is 0 Å². The molecule has 0 saturated carbocycles. The van der Waals surface area contributed by atoms with Crippen molar-refractivity contribution in [3.05, 3.63) is 11.2 Å². The maximum absolute atomic E-state index is 10.0. The maximum atomic E-state index is 10.0. The van der Waals surface area contributed by atoms with Crippen molar-refractivity contribution in [1.82, 2.24) is 4.90 Å². The first-order valence-corrected chi connectivity index (χ1v) is 3.23. The van der Waals surface area contributed by atoms with Crippen molar-refractivity contribution in [2.45, 2.75) is 12.8 Å². The first-order valence-electron chi connectivity index (χ1n) is 2.85. The van der Waals surface area contributed by atoms with Crippen LogP contribution < -0.4 is 0 Å². The van der Waals surface area contributed by atoms with E-state index in [0.29, 0.717) is 11.7 Å². The Kier molecular flexibility index (Phi) is 2.11. The summed E-state index contributed by atoms with van der Waals surface area (Å²) in [6, 6.07) is 0. The van der Waals surface area contributed by atoms with Gasteiger partial charge in [0.1, 0.15) is 5.16 Å². The molecule has 0 fully saturated rings. The molecule has 9 heavy (non-hydrogen) atoms. The topological polar surface area (TPSA) is 20.3 Å². The summed E-state index contributed by atoms with van der Waals surface area (Å²) < 4.78 is 0. The van der Waals surface area contributed by atoms with Crippen LogP contribution in [0.4, 0.5) is 0 Å². The van der Waals surface area contributed by atoms with Gasteiger partial charge in [0.05, 0.1) is 0 Å². The smallest absolute Gasteiger partial charge is 0.295 e. The van der Waals surface area contributed by atoms with Gasteiger partial charge in [-0.1, -0.05) is 11.6 Å². The van der Waals surface area contributed by atoms with Gasteiger partial charge in [0.25, 0.3) is 0 Å². The predicted molar refractivity (Wildman–Crippen MR) is 35.6 cm³/mol. The number of amides is 1.